The number of hydrogen-bond acceptors (Lipinski definition) is 4. The molecule has 0 amide bonds. The van der Waals surface area contributed by atoms with Crippen LogP contribution in [0.1, 0.15) is 19.4 Å². The molecule has 0 fully saturated rings. The number of fused-ring (bicyclic) bond motifs is 1. The van der Waals surface area contributed by atoms with E-state index >= 15 is 0 Å². The third kappa shape index (κ3) is 3.11. The Balaban J connectivity index is 2.15. The number of nitrogens with one attached hydrogen (secondary N) is 1. The number of hydrogen-bond donors (Lipinski definition) is 2. The van der Waals surface area contributed by atoms with Crippen LogP contribution in [0.2, 0.25) is 0 Å². The molecule has 0 bridgehead atoms. The molecule has 3 rings (SSSR count). The zero-order valence-corrected chi connectivity index (χ0v) is 15.3. The molecule has 2 N–H and O–H groups in total. The summed E-state index contributed by atoms with van der Waals surface area (Å²) in [5.41, 5.74) is 3.35. The summed E-state index contributed by atoms with van der Waals surface area (Å²) in [6.45, 7) is 4.17. The van der Waals surface area contributed by atoms with Crippen molar-refractivity contribution in [3.63, 3.8) is 0 Å². The minimum atomic E-state index is -3.34. The van der Waals surface area contributed by atoms with Crippen molar-refractivity contribution in [3.05, 3.63) is 48.0 Å². The zero-order chi connectivity index (χ0) is 18.9. The van der Waals surface area contributed by atoms with E-state index in [1.54, 1.807) is 49.4 Å². The van der Waals surface area contributed by atoms with Gasteiger partial charge in [-0.2, -0.15) is 5.26 Å². The molecule has 0 unspecified atom stereocenters. The number of aromatic nitrogens is 1. The number of phenols is 1. The van der Waals surface area contributed by atoms with Gasteiger partial charge in [-0.05, 0) is 43.7 Å². The van der Waals surface area contributed by atoms with E-state index in [-0.39, 0.29) is 11.5 Å². The molecule has 0 spiro atoms. The van der Waals surface area contributed by atoms with Crippen LogP contribution >= 0.6 is 0 Å². The normalized spacial score (nSPS) is 11.4. The highest BCUT2D eigenvalue weighted by atomic mass is 32.2. The van der Waals surface area contributed by atoms with Crippen molar-refractivity contribution in [2.45, 2.75) is 20.4 Å². The second-order valence-corrected chi connectivity index (χ2v) is 7.87. The SMILES string of the molecule is CCn1c(-c2ccc(NS(=O)(=O)CC)cc2)c(C#N)c2ccc(O)cc21. The van der Waals surface area contributed by atoms with Crippen molar-refractivity contribution < 1.29 is 13.5 Å². The van der Waals surface area contributed by atoms with Gasteiger partial charge in [0.15, 0.2) is 0 Å². The topological polar surface area (TPSA) is 95.1 Å². The molecule has 7 heteroatoms. The molecule has 0 saturated carbocycles. The van der Waals surface area contributed by atoms with Gasteiger partial charge in [-0.3, -0.25) is 4.72 Å². The molecular formula is C19H19N3O3S. The van der Waals surface area contributed by atoms with Crippen LogP contribution in [0.5, 0.6) is 5.75 Å². The first-order valence-electron chi connectivity index (χ1n) is 8.26. The van der Waals surface area contributed by atoms with Crippen LogP contribution in [0.15, 0.2) is 42.5 Å². The molecule has 26 heavy (non-hydrogen) atoms. The Morgan fingerprint density at radius 1 is 1.15 bits per heavy atom. The van der Waals surface area contributed by atoms with Crippen molar-refractivity contribution in [2.24, 2.45) is 0 Å². The summed E-state index contributed by atoms with van der Waals surface area (Å²) < 4.78 is 27.9. The molecule has 1 aromatic heterocycles. The number of anilines is 1. The highest BCUT2D eigenvalue weighted by Gasteiger charge is 2.18. The lowest BCUT2D eigenvalue weighted by molar-refractivity contribution is 0.476. The molecule has 6 nitrogen and oxygen atoms in total. The summed E-state index contributed by atoms with van der Waals surface area (Å²) in [5.74, 6) is 0.144. The van der Waals surface area contributed by atoms with E-state index in [4.69, 9.17) is 0 Å². The number of sulfonamides is 1. The molecule has 3 aromatic rings. The van der Waals surface area contributed by atoms with E-state index in [0.717, 1.165) is 22.2 Å². The van der Waals surface area contributed by atoms with Gasteiger partial charge in [-0.1, -0.05) is 12.1 Å². The Bertz CT molecular complexity index is 1110. The van der Waals surface area contributed by atoms with E-state index in [9.17, 15) is 18.8 Å². The Labute approximate surface area is 152 Å². The maximum Gasteiger partial charge on any atom is 0.232 e. The third-order valence-electron chi connectivity index (χ3n) is 4.29. The maximum absolute atomic E-state index is 11.7. The quantitative estimate of drug-likeness (QED) is 0.717. The number of phenolic OH excluding ortho intramolecular Hbond substituents is 1. The molecule has 0 atom stereocenters. The monoisotopic (exact) mass is 369 g/mol. The lowest BCUT2D eigenvalue weighted by Gasteiger charge is -2.10. The molecule has 0 radical (unpaired) electrons. The van der Waals surface area contributed by atoms with Crippen LogP contribution in [0.3, 0.4) is 0 Å². The number of aromatic hydroxyl groups is 1. The molecule has 0 aliphatic rings. The van der Waals surface area contributed by atoms with Gasteiger partial charge in [0.25, 0.3) is 0 Å². The van der Waals surface area contributed by atoms with E-state index in [2.05, 4.69) is 10.8 Å². The van der Waals surface area contributed by atoms with Crippen molar-refractivity contribution in [3.8, 4) is 23.1 Å². The fraction of sp³-hybridized carbons (Fsp3) is 0.211. The number of benzene rings is 2. The summed E-state index contributed by atoms with van der Waals surface area (Å²) in [6.07, 6.45) is 0. The van der Waals surface area contributed by atoms with Gasteiger partial charge < -0.3 is 9.67 Å². The first-order chi connectivity index (χ1) is 12.4. The number of rotatable bonds is 5. The fourth-order valence-electron chi connectivity index (χ4n) is 3.03. The Hall–Kier alpha value is -2.98. The standard InChI is InChI=1S/C19H19N3O3S/c1-3-22-18-11-15(23)9-10-16(18)17(12-20)19(22)13-5-7-14(8-6-13)21-26(24,25)4-2/h5-11,21,23H,3-4H2,1-2H3. The van der Waals surface area contributed by atoms with Crippen molar-refractivity contribution in [1.29, 1.82) is 5.26 Å². The van der Waals surface area contributed by atoms with E-state index < -0.39 is 10.0 Å². The second kappa shape index (κ2) is 6.73. The summed E-state index contributed by atoms with van der Waals surface area (Å²) in [5, 5.41) is 20.3. The van der Waals surface area contributed by atoms with Crippen LogP contribution in [-0.4, -0.2) is 23.8 Å². The molecule has 134 valence electrons. The summed E-state index contributed by atoms with van der Waals surface area (Å²) in [4.78, 5) is 0. The molecule has 1 heterocycles. The number of nitriles is 1. The molecule has 0 saturated heterocycles. The van der Waals surface area contributed by atoms with E-state index in [1.807, 2.05) is 11.5 Å². The predicted octanol–water partition coefficient (Wildman–Crippen LogP) is 3.67. The molecule has 0 aliphatic heterocycles. The van der Waals surface area contributed by atoms with Gasteiger partial charge in [0.1, 0.15) is 11.8 Å². The van der Waals surface area contributed by atoms with E-state index in [0.29, 0.717) is 17.8 Å². The Morgan fingerprint density at radius 2 is 1.85 bits per heavy atom. The fourth-order valence-corrected chi connectivity index (χ4v) is 3.67. The average molecular weight is 369 g/mol. The second-order valence-electron chi connectivity index (χ2n) is 5.86. The number of nitrogens with zero attached hydrogens (tertiary/aromatic N) is 2. The van der Waals surface area contributed by atoms with Crippen molar-refractivity contribution >= 4 is 26.6 Å². The number of aryl methyl sites for hydroxylation is 1. The minimum absolute atomic E-state index is 0.000893. The Morgan fingerprint density at radius 3 is 2.42 bits per heavy atom. The smallest absolute Gasteiger partial charge is 0.232 e. The van der Waals surface area contributed by atoms with Crippen molar-refractivity contribution in [1.82, 2.24) is 4.57 Å². The first-order valence-corrected chi connectivity index (χ1v) is 9.91. The van der Waals surface area contributed by atoms with Crippen molar-refractivity contribution in [2.75, 3.05) is 10.5 Å². The van der Waals surface area contributed by atoms with Crippen LogP contribution in [0.4, 0.5) is 5.69 Å². The summed E-state index contributed by atoms with van der Waals surface area (Å²) in [7, 11) is -3.34. The molecule has 2 aromatic carbocycles. The third-order valence-corrected chi connectivity index (χ3v) is 5.59. The predicted molar refractivity (Wildman–Crippen MR) is 103 cm³/mol. The van der Waals surface area contributed by atoms with Gasteiger partial charge in [0, 0.05) is 23.7 Å². The van der Waals surface area contributed by atoms with Gasteiger partial charge in [0.05, 0.1) is 22.5 Å². The van der Waals surface area contributed by atoms with Gasteiger partial charge >= 0.3 is 0 Å². The maximum atomic E-state index is 11.7. The van der Waals surface area contributed by atoms with Gasteiger partial charge in [0.2, 0.25) is 10.0 Å². The highest BCUT2D eigenvalue weighted by molar-refractivity contribution is 7.92. The van der Waals surface area contributed by atoms with Gasteiger partial charge in [-0.25, -0.2) is 8.42 Å². The lowest BCUT2D eigenvalue weighted by Crippen LogP contribution is -2.14. The van der Waals surface area contributed by atoms with Crippen LogP contribution in [0, 0.1) is 11.3 Å². The largest absolute Gasteiger partial charge is 0.508 e. The highest BCUT2D eigenvalue weighted by Crippen LogP contribution is 2.35. The summed E-state index contributed by atoms with van der Waals surface area (Å²) >= 11 is 0. The first kappa shape index (κ1) is 17.8. The van der Waals surface area contributed by atoms with E-state index in [1.165, 1.54) is 0 Å². The van der Waals surface area contributed by atoms with Crippen LogP contribution < -0.4 is 4.72 Å². The van der Waals surface area contributed by atoms with Crippen LogP contribution in [-0.2, 0) is 16.6 Å². The zero-order valence-electron chi connectivity index (χ0n) is 14.5. The minimum Gasteiger partial charge on any atom is -0.508 e. The summed E-state index contributed by atoms with van der Waals surface area (Å²) in [6, 6.07) is 14.1. The average Bonchev–Trinajstić information content (AvgIpc) is 2.94. The molecule has 0 aliphatic carbocycles. The van der Waals surface area contributed by atoms with Gasteiger partial charge in [-0.15, -0.1) is 0 Å². The Kier molecular flexibility index (Phi) is 4.62. The molecular weight excluding hydrogens is 350 g/mol. The lowest BCUT2D eigenvalue weighted by atomic mass is 10.1. The van der Waals surface area contributed by atoms with Crippen LogP contribution in [0.25, 0.3) is 22.2 Å².